The number of carboxylic acids is 1. The van der Waals surface area contributed by atoms with Gasteiger partial charge in [0.15, 0.2) is 0 Å². The van der Waals surface area contributed by atoms with Gasteiger partial charge in [-0.2, -0.15) is 0 Å². The van der Waals surface area contributed by atoms with Crippen LogP contribution in [-0.2, 0) is 9.59 Å². The number of carbonyl (C=O) groups excluding carboxylic acids is 1. The smallest absolute Gasteiger partial charge is 0.328 e. The maximum absolute atomic E-state index is 11.4. The van der Waals surface area contributed by atoms with Gasteiger partial charge >= 0.3 is 11.9 Å². The summed E-state index contributed by atoms with van der Waals surface area (Å²) in [7, 11) is 0. The Morgan fingerprint density at radius 2 is 1.94 bits per heavy atom. The number of unbranched alkanes of at least 4 members (excludes halogenated alkanes) is 1. The Balaban J connectivity index is 2.55. The molecule has 0 saturated heterocycles. The van der Waals surface area contributed by atoms with Crippen molar-refractivity contribution in [2.45, 2.75) is 26.2 Å². The molecule has 0 unspecified atom stereocenters. The van der Waals surface area contributed by atoms with E-state index in [1.54, 1.807) is 24.3 Å². The molecule has 0 heterocycles. The molecule has 0 saturated carbocycles. The molecular weight excluding hydrogens is 232 g/mol. The zero-order valence-electron chi connectivity index (χ0n) is 10.3. The van der Waals surface area contributed by atoms with E-state index < -0.39 is 5.97 Å². The van der Waals surface area contributed by atoms with Crippen molar-refractivity contribution < 1.29 is 19.4 Å². The predicted molar refractivity (Wildman–Crippen MR) is 68.3 cm³/mol. The average Bonchev–Trinajstić information content (AvgIpc) is 2.35. The van der Waals surface area contributed by atoms with Gasteiger partial charge in [0.25, 0.3) is 0 Å². The highest BCUT2D eigenvalue weighted by Gasteiger charge is 2.03. The maximum Gasteiger partial charge on any atom is 0.328 e. The number of carboxylic acid groups (broad SMARTS) is 1. The molecule has 1 aromatic rings. The minimum absolute atomic E-state index is 0.245. The van der Waals surface area contributed by atoms with Crippen LogP contribution in [0, 0.1) is 0 Å². The van der Waals surface area contributed by atoms with Gasteiger partial charge in [0.05, 0.1) is 0 Å². The van der Waals surface area contributed by atoms with Crippen LogP contribution in [0.15, 0.2) is 30.3 Å². The van der Waals surface area contributed by atoms with E-state index in [0.29, 0.717) is 12.2 Å². The molecule has 0 aliphatic heterocycles. The van der Waals surface area contributed by atoms with Crippen LogP contribution in [0.1, 0.15) is 31.7 Å². The summed E-state index contributed by atoms with van der Waals surface area (Å²) in [6.45, 7) is 2.01. The van der Waals surface area contributed by atoms with Crippen molar-refractivity contribution in [2.24, 2.45) is 0 Å². The van der Waals surface area contributed by atoms with E-state index in [0.717, 1.165) is 24.5 Å². The highest BCUT2D eigenvalue weighted by molar-refractivity contribution is 5.85. The maximum atomic E-state index is 11.4. The third kappa shape index (κ3) is 5.30. The summed E-state index contributed by atoms with van der Waals surface area (Å²) < 4.78 is 5.12. The highest BCUT2D eigenvalue weighted by atomic mass is 16.5. The highest BCUT2D eigenvalue weighted by Crippen LogP contribution is 2.14. The topological polar surface area (TPSA) is 63.6 Å². The normalized spacial score (nSPS) is 10.5. The van der Waals surface area contributed by atoms with Crippen LogP contribution in [0.5, 0.6) is 5.75 Å². The molecule has 0 spiro atoms. The molecule has 1 aromatic carbocycles. The van der Waals surface area contributed by atoms with Crippen molar-refractivity contribution >= 4 is 18.0 Å². The van der Waals surface area contributed by atoms with E-state index in [9.17, 15) is 9.59 Å². The van der Waals surface area contributed by atoms with Gasteiger partial charge in [-0.25, -0.2) is 4.79 Å². The lowest BCUT2D eigenvalue weighted by Gasteiger charge is -2.03. The lowest BCUT2D eigenvalue weighted by molar-refractivity contribution is -0.134. The molecule has 0 atom stereocenters. The second-order valence-corrected chi connectivity index (χ2v) is 3.82. The molecule has 1 rings (SSSR count). The Bertz CT molecular complexity index is 432. The first kappa shape index (κ1) is 14.0. The van der Waals surface area contributed by atoms with E-state index in [1.807, 2.05) is 6.92 Å². The minimum atomic E-state index is -0.995. The Morgan fingerprint density at radius 1 is 1.28 bits per heavy atom. The van der Waals surface area contributed by atoms with Crippen LogP contribution in [-0.4, -0.2) is 17.0 Å². The Labute approximate surface area is 106 Å². The Hall–Kier alpha value is -2.10. The number of benzene rings is 1. The van der Waals surface area contributed by atoms with Crippen molar-refractivity contribution in [1.29, 1.82) is 0 Å². The fraction of sp³-hybridized carbons (Fsp3) is 0.286. The van der Waals surface area contributed by atoms with Crippen molar-refractivity contribution in [3.63, 3.8) is 0 Å². The first-order valence-electron chi connectivity index (χ1n) is 5.83. The van der Waals surface area contributed by atoms with E-state index in [4.69, 9.17) is 9.84 Å². The molecule has 4 nitrogen and oxygen atoms in total. The summed E-state index contributed by atoms with van der Waals surface area (Å²) >= 11 is 0. The van der Waals surface area contributed by atoms with Crippen molar-refractivity contribution in [3.8, 4) is 5.75 Å². The Kier molecular flexibility index (Phi) is 5.64. The van der Waals surface area contributed by atoms with Gasteiger partial charge < -0.3 is 9.84 Å². The lowest BCUT2D eigenvalue weighted by Crippen LogP contribution is -2.07. The number of esters is 1. The zero-order valence-corrected chi connectivity index (χ0v) is 10.3. The molecule has 18 heavy (non-hydrogen) atoms. The average molecular weight is 248 g/mol. The van der Waals surface area contributed by atoms with Gasteiger partial charge in [-0.3, -0.25) is 4.79 Å². The molecule has 0 fully saturated rings. The number of hydrogen-bond donors (Lipinski definition) is 1. The molecule has 1 N–H and O–H groups in total. The molecular formula is C14H16O4. The summed E-state index contributed by atoms with van der Waals surface area (Å²) in [4.78, 5) is 21.7. The standard InChI is InChI=1S/C14H16O4/c1-2-3-4-14(17)18-12-8-5-11(6-9-12)7-10-13(15)16/h5-10H,2-4H2,1H3,(H,15,16)/b10-7+. The van der Waals surface area contributed by atoms with E-state index >= 15 is 0 Å². The van der Waals surface area contributed by atoms with Crippen LogP contribution in [0.25, 0.3) is 6.08 Å². The van der Waals surface area contributed by atoms with Gasteiger partial charge in [-0.15, -0.1) is 0 Å². The molecule has 4 heteroatoms. The molecule has 0 aromatic heterocycles. The minimum Gasteiger partial charge on any atom is -0.478 e. The van der Waals surface area contributed by atoms with Crippen molar-refractivity contribution in [2.75, 3.05) is 0 Å². The number of ether oxygens (including phenoxy) is 1. The van der Waals surface area contributed by atoms with E-state index in [2.05, 4.69) is 0 Å². The van der Waals surface area contributed by atoms with Crippen LogP contribution in [0.2, 0.25) is 0 Å². The number of carbonyl (C=O) groups is 2. The number of hydrogen-bond acceptors (Lipinski definition) is 3. The van der Waals surface area contributed by atoms with Crippen LogP contribution >= 0.6 is 0 Å². The lowest BCUT2D eigenvalue weighted by atomic mass is 10.2. The molecule has 96 valence electrons. The monoisotopic (exact) mass is 248 g/mol. The quantitative estimate of drug-likeness (QED) is 0.477. The first-order chi connectivity index (χ1) is 8.61. The SMILES string of the molecule is CCCCC(=O)Oc1ccc(/C=C/C(=O)O)cc1. The molecule has 0 bridgehead atoms. The summed E-state index contributed by atoms with van der Waals surface area (Å²) in [5.41, 5.74) is 0.741. The molecule has 0 amide bonds. The summed E-state index contributed by atoms with van der Waals surface area (Å²) in [5, 5.41) is 8.47. The van der Waals surface area contributed by atoms with Crippen LogP contribution < -0.4 is 4.74 Å². The third-order valence-corrected chi connectivity index (χ3v) is 2.26. The van der Waals surface area contributed by atoms with Gasteiger partial charge in [0.1, 0.15) is 5.75 Å². The largest absolute Gasteiger partial charge is 0.478 e. The molecule has 0 aliphatic carbocycles. The van der Waals surface area contributed by atoms with Gasteiger partial charge in [0.2, 0.25) is 0 Å². The van der Waals surface area contributed by atoms with Gasteiger partial charge in [0, 0.05) is 12.5 Å². The predicted octanol–water partition coefficient (Wildman–Crippen LogP) is 2.88. The number of rotatable bonds is 6. The molecule has 0 radical (unpaired) electrons. The van der Waals surface area contributed by atoms with Crippen molar-refractivity contribution in [1.82, 2.24) is 0 Å². The van der Waals surface area contributed by atoms with Crippen LogP contribution in [0.4, 0.5) is 0 Å². The van der Waals surface area contributed by atoms with Gasteiger partial charge in [-0.1, -0.05) is 25.5 Å². The molecule has 0 aliphatic rings. The van der Waals surface area contributed by atoms with E-state index in [1.165, 1.54) is 6.08 Å². The fourth-order valence-electron chi connectivity index (χ4n) is 1.32. The fourth-order valence-corrected chi connectivity index (χ4v) is 1.32. The number of aliphatic carboxylic acids is 1. The summed E-state index contributed by atoms with van der Waals surface area (Å²) in [6, 6.07) is 6.68. The van der Waals surface area contributed by atoms with Crippen LogP contribution in [0.3, 0.4) is 0 Å². The van der Waals surface area contributed by atoms with Crippen molar-refractivity contribution in [3.05, 3.63) is 35.9 Å². The first-order valence-corrected chi connectivity index (χ1v) is 5.83. The summed E-state index contributed by atoms with van der Waals surface area (Å²) in [6.07, 6.45) is 4.72. The van der Waals surface area contributed by atoms with E-state index in [-0.39, 0.29) is 5.97 Å². The third-order valence-electron chi connectivity index (χ3n) is 2.26. The Morgan fingerprint density at radius 3 is 2.50 bits per heavy atom. The second-order valence-electron chi connectivity index (χ2n) is 3.82. The second kappa shape index (κ2) is 7.27. The zero-order chi connectivity index (χ0) is 13.4. The van der Waals surface area contributed by atoms with Gasteiger partial charge in [-0.05, 0) is 30.2 Å². The summed E-state index contributed by atoms with van der Waals surface area (Å²) in [5.74, 6) is -0.765.